The van der Waals surface area contributed by atoms with Crippen molar-refractivity contribution in [3.63, 3.8) is 0 Å². The van der Waals surface area contributed by atoms with E-state index in [1.165, 1.54) is 0 Å². The van der Waals surface area contributed by atoms with Gasteiger partial charge in [-0.3, -0.25) is 4.79 Å². The lowest BCUT2D eigenvalue weighted by molar-refractivity contribution is -0.141. The molecule has 0 spiro atoms. The van der Waals surface area contributed by atoms with Crippen LogP contribution in [-0.4, -0.2) is 23.0 Å². The van der Waals surface area contributed by atoms with E-state index in [2.05, 4.69) is 21.2 Å². The van der Waals surface area contributed by atoms with Crippen LogP contribution < -0.4 is 5.32 Å². The highest BCUT2D eigenvalue weighted by Gasteiger charge is 2.20. The largest absolute Gasteiger partial charge is 0.480 e. The Kier molecular flexibility index (Phi) is 5.72. The SMILES string of the molecule is O=C(Cc1ccc(Br)cc1)NC(Cc1ccccc1)C(=O)O. The van der Waals surface area contributed by atoms with Crippen LogP contribution >= 0.6 is 15.9 Å². The second kappa shape index (κ2) is 7.75. The third-order valence-corrected chi connectivity index (χ3v) is 3.72. The lowest BCUT2D eigenvalue weighted by atomic mass is 10.1. The van der Waals surface area contributed by atoms with Crippen molar-refractivity contribution in [2.75, 3.05) is 0 Å². The smallest absolute Gasteiger partial charge is 0.326 e. The summed E-state index contributed by atoms with van der Waals surface area (Å²) in [5.74, 6) is -1.33. The standard InChI is InChI=1S/C17H16BrNO3/c18-14-8-6-13(7-9-14)11-16(20)19-15(17(21)22)10-12-4-2-1-3-5-12/h1-9,15H,10-11H2,(H,19,20)(H,21,22). The summed E-state index contributed by atoms with van der Waals surface area (Å²) in [6.45, 7) is 0. The number of carboxylic acids is 1. The Labute approximate surface area is 137 Å². The fourth-order valence-corrected chi connectivity index (χ4v) is 2.35. The number of carbonyl (C=O) groups is 2. The molecule has 0 radical (unpaired) electrons. The lowest BCUT2D eigenvalue weighted by Gasteiger charge is -2.14. The van der Waals surface area contributed by atoms with Crippen molar-refractivity contribution in [3.8, 4) is 0 Å². The Morgan fingerprint density at radius 2 is 1.64 bits per heavy atom. The summed E-state index contributed by atoms with van der Waals surface area (Å²) in [6.07, 6.45) is 0.425. The van der Waals surface area contributed by atoms with Gasteiger partial charge in [0.15, 0.2) is 0 Å². The summed E-state index contributed by atoms with van der Waals surface area (Å²) < 4.78 is 0.934. The van der Waals surface area contributed by atoms with Crippen LogP contribution in [0.15, 0.2) is 59.1 Å². The van der Waals surface area contributed by atoms with Crippen molar-refractivity contribution in [2.24, 2.45) is 0 Å². The number of nitrogens with one attached hydrogen (secondary N) is 1. The number of carboxylic acid groups (broad SMARTS) is 1. The van der Waals surface area contributed by atoms with Crippen molar-refractivity contribution in [1.82, 2.24) is 5.32 Å². The Bertz CT molecular complexity index is 641. The highest BCUT2D eigenvalue weighted by molar-refractivity contribution is 9.10. The van der Waals surface area contributed by atoms with Gasteiger partial charge < -0.3 is 10.4 Å². The minimum Gasteiger partial charge on any atom is -0.480 e. The monoisotopic (exact) mass is 361 g/mol. The minimum atomic E-state index is -1.03. The molecule has 0 saturated heterocycles. The van der Waals surface area contributed by atoms with E-state index in [4.69, 9.17) is 0 Å². The maximum Gasteiger partial charge on any atom is 0.326 e. The highest BCUT2D eigenvalue weighted by Crippen LogP contribution is 2.11. The van der Waals surface area contributed by atoms with Crippen LogP contribution in [0.2, 0.25) is 0 Å². The number of aliphatic carboxylic acids is 1. The first-order valence-electron chi connectivity index (χ1n) is 6.85. The van der Waals surface area contributed by atoms with Gasteiger partial charge in [0.1, 0.15) is 6.04 Å². The number of hydrogen-bond donors (Lipinski definition) is 2. The zero-order chi connectivity index (χ0) is 15.9. The molecule has 1 amide bonds. The maximum absolute atomic E-state index is 12.0. The summed E-state index contributed by atoms with van der Waals surface area (Å²) in [6, 6.07) is 15.7. The average Bonchev–Trinajstić information content (AvgIpc) is 2.50. The molecule has 2 aromatic carbocycles. The van der Waals surface area contributed by atoms with Gasteiger partial charge in [-0.25, -0.2) is 4.79 Å². The molecule has 0 aliphatic carbocycles. The topological polar surface area (TPSA) is 66.4 Å². The molecule has 0 aromatic heterocycles. The first kappa shape index (κ1) is 16.2. The number of rotatable bonds is 6. The zero-order valence-electron chi connectivity index (χ0n) is 11.8. The van der Waals surface area contributed by atoms with Gasteiger partial charge >= 0.3 is 5.97 Å². The van der Waals surface area contributed by atoms with Gasteiger partial charge in [0.25, 0.3) is 0 Å². The van der Waals surface area contributed by atoms with Crippen LogP contribution in [0.3, 0.4) is 0 Å². The van der Waals surface area contributed by atoms with E-state index < -0.39 is 12.0 Å². The molecule has 5 heteroatoms. The van der Waals surface area contributed by atoms with Crippen molar-refractivity contribution in [3.05, 3.63) is 70.2 Å². The first-order valence-corrected chi connectivity index (χ1v) is 7.64. The molecule has 0 aliphatic rings. The molecule has 22 heavy (non-hydrogen) atoms. The zero-order valence-corrected chi connectivity index (χ0v) is 13.4. The van der Waals surface area contributed by atoms with Crippen molar-refractivity contribution in [1.29, 1.82) is 0 Å². The van der Waals surface area contributed by atoms with E-state index >= 15 is 0 Å². The Morgan fingerprint density at radius 3 is 2.23 bits per heavy atom. The third kappa shape index (κ3) is 5.00. The molecule has 2 aromatic rings. The van der Waals surface area contributed by atoms with Crippen molar-refractivity contribution < 1.29 is 14.7 Å². The van der Waals surface area contributed by atoms with Gasteiger partial charge in [-0.1, -0.05) is 58.4 Å². The minimum absolute atomic E-state index is 0.159. The van der Waals surface area contributed by atoms with Crippen LogP contribution in [0.25, 0.3) is 0 Å². The summed E-state index contributed by atoms with van der Waals surface area (Å²) in [5.41, 5.74) is 1.71. The molecule has 0 heterocycles. The number of hydrogen-bond acceptors (Lipinski definition) is 2. The van der Waals surface area contributed by atoms with E-state index in [0.717, 1.165) is 15.6 Å². The second-order valence-corrected chi connectivity index (χ2v) is 5.87. The first-order chi connectivity index (χ1) is 10.5. The molecule has 0 saturated carbocycles. The molecule has 0 fully saturated rings. The molecular formula is C17H16BrNO3. The van der Waals surface area contributed by atoms with Gasteiger partial charge in [-0.05, 0) is 23.3 Å². The lowest BCUT2D eigenvalue weighted by Crippen LogP contribution is -2.43. The fraction of sp³-hybridized carbons (Fsp3) is 0.176. The van der Waals surface area contributed by atoms with Gasteiger partial charge in [0.05, 0.1) is 6.42 Å². The Hall–Kier alpha value is -2.14. The third-order valence-electron chi connectivity index (χ3n) is 3.19. The quantitative estimate of drug-likeness (QED) is 0.831. The van der Waals surface area contributed by atoms with Crippen molar-refractivity contribution in [2.45, 2.75) is 18.9 Å². The average molecular weight is 362 g/mol. The summed E-state index contributed by atoms with van der Waals surface area (Å²) in [5, 5.41) is 11.8. The Morgan fingerprint density at radius 1 is 1.00 bits per heavy atom. The van der Waals surface area contributed by atoms with Crippen molar-refractivity contribution >= 4 is 27.8 Å². The number of halogens is 1. The second-order valence-electron chi connectivity index (χ2n) is 4.95. The summed E-state index contributed by atoms with van der Waals surface area (Å²) in [4.78, 5) is 23.3. The van der Waals surface area contributed by atoms with Crippen LogP contribution in [-0.2, 0) is 22.4 Å². The van der Waals surface area contributed by atoms with Crippen LogP contribution in [0.4, 0.5) is 0 Å². The summed E-state index contributed by atoms with van der Waals surface area (Å²) in [7, 11) is 0. The molecule has 2 N–H and O–H groups in total. The molecule has 2 rings (SSSR count). The van der Waals surface area contributed by atoms with E-state index in [-0.39, 0.29) is 18.7 Å². The number of benzene rings is 2. The van der Waals surface area contributed by atoms with Gasteiger partial charge in [0.2, 0.25) is 5.91 Å². The highest BCUT2D eigenvalue weighted by atomic mass is 79.9. The molecule has 0 bridgehead atoms. The van der Waals surface area contributed by atoms with E-state index in [0.29, 0.717) is 0 Å². The molecule has 4 nitrogen and oxygen atoms in total. The van der Waals surface area contributed by atoms with Crippen LogP contribution in [0.1, 0.15) is 11.1 Å². The molecule has 1 atom stereocenters. The number of amides is 1. The van der Waals surface area contributed by atoms with Crippen LogP contribution in [0, 0.1) is 0 Å². The molecule has 114 valence electrons. The van der Waals surface area contributed by atoms with E-state index in [1.54, 1.807) is 0 Å². The molecular weight excluding hydrogens is 346 g/mol. The maximum atomic E-state index is 12.0. The normalized spacial score (nSPS) is 11.7. The van der Waals surface area contributed by atoms with E-state index in [9.17, 15) is 14.7 Å². The predicted molar refractivity (Wildman–Crippen MR) is 87.6 cm³/mol. The predicted octanol–water partition coefficient (Wildman–Crippen LogP) is 2.80. The number of carbonyl (C=O) groups excluding carboxylic acids is 1. The van der Waals surface area contributed by atoms with Crippen LogP contribution in [0.5, 0.6) is 0 Å². The van der Waals surface area contributed by atoms with Gasteiger partial charge in [-0.2, -0.15) is 0 Å². The Balaban J connectivity index is 1.97. The van der Waals surface area contributed by atoms with Gasteiger partial charge in [-0.15, -0.1) is 0 Å². The molecule has 1 unspecified atom stereocenters. The van der Waals surface area contributed by atoms with Gasteiger partial charge in [0, 0.05) is 10.9 Å². The summed E-state index contributed by atoms with van der Waals surface area (Å²) >= 11 is 3.33. The fourth-order valence-electron chi connectivity index (χ4n) is 2.08. The van der Waals surface area contributed by atoms with E-state index in [1.807, 2.05) is 54.6 Å². The molecule has 0 aliphatic heterocycles.